The van der Waals surface area contributed by atoms with E-state index in [0.717, 1.165) is 30.2 Å². The van der Waals surface area contributed by atoms with Gasteiger partial charge in [-0.25, -0.2) is 4.98 Å². The number of carbonyl (C=O) groups excluding carboxylic acids is 1. The molecule has 27 heavy (non-hydrogen) atoms. The van der Waals surface area contributed by atoms with Gasteiger partial charge in [0.15, 0.2) is 16.6 Å². The van der Waals surface area contributed by atoms with E-state index in [1.54, 1.807) is 6.07 Å². The fourth-order valence-corrected chi connectivity index (χ4v) is 4.53. The zero-order chi connectivity index (χ0) is 18.8. The van der Waals surface area contributed by atoms with Crippen LogP contribution in [0.25, 0.3) is 10.6 Å². The van der Waals surface area contributed by atoms with Gasteiger partial charge in [0.1, 0.15) is 0 Å². The number of morpholine rings is 1. The van der Waals surface area contributed by atoms with E-state index in [2.05, 4.69) is 34.2 Å². The van der Waals surface area contributed by atoms with Gasteiger partial charge in [-0.15, -0.1) is 22.7 Å². The lowest BCUT2D eigenvalue weighted by Crippen LogP contribution is -2.44. The highest BCUT2D eigenvalue weighted by Crippen LogP contribution is 2.26. The minimum absolute atomic E-state index is 0.219. The van der Waals surface area contributed by atoms with E-state index in [-0.39, 0.29) is 23.8 Å². The van der Waals surface area contributed by atoms with Crippen LogP contribution in [0.2, 0.25) is 0 Å². The topological polar surface area (TPSA) is 80.5 Å². The maximum atomic E-state index is 12.4. The number of hydrogen-bond donors (Lipinski definition) is 1. The van der Waals surface area contributed by atoms with Crippen molar-refractivity contribution in [2.24, 2.45) is 0 Å². The van der Waals surface area contributed by atoms with Crippen LogP contribution in [0.1, 0.15) is 30.0 Å². The summed E-state index contributed by atoms with van der Waals surface area (Å²) in [6, 6.07) is 5.49. The summed E-state index contributed by atoms with van der Waals surface area (Å²) in [5.41, 5.74) is 1.18. The van der Waals surface area contributed by atoms with Crippen molar-refractivity contribution in [3.8, 4) is 10.6 Å². The van der Waals surface area contributed by atoms with Crippen molar-refractivity contribution < 1.29 is 14.1 Å². The van der Waals surface area contributed by atoms with E-state index in [0.29, 0.717) is 10.9 Å². The molecule has 4 heterocycles. The van der Waals surface area contributed by atoms with Crippen molar-refractivity contribution in [2.45, 2.75) is 32.6 Å². The predicted octanol–water partition coefficient (Wildman–Crippen LogP) is 3.72. The molecule has 2 atom stereocenters. The number of nitrogens with zero attached hydrogens (tertiary/aromatic N) is 3. The Labute approximate surface area is 165 Å². The van der Waals surface area contributed by atoms with Gasteiger partial charge in [0, 0.05) is 31.1 Å². The number of rotatable bonds is 5. The second kappa shape index (κ2) is 7.89. The number of amides is 1. The maximum Gasteiger partial charge on any atom is 0.279 e. The van der Waals surface area contributed by atoms with E-state index in [9.17, 15) is 4.79 Å². The Morgan fingerprint density at radius 3 is 2.89 bits per heavy atom. The van der Waals surface area contributed by atoms with Gasteiger partial charge in [0.25, 0.3) is 5.91 Å². The SMILES string of the molecule is CC1CN(Cc2csc(NC(=O)c3cc(-c4cccs4)on3)n2)CC(C)O1. The summed E-state index contributed by atoms with van der Waals surface area (Å²) in [7, 11) is 0. The Balaban J connectivity index is 1.37. The van der Waals surface area contributed by atoms with Crippen molar-refractivity contribution in [2.75, 3.05) is 18.4 Å². The minimum Gasteiger partial charge on any atom is -0.373 e. The highest BCUT2D eigenvalue weighted by atomic mass is 32.1. The van der Waals surface area contributed by atoms with E-state index < -0.39 is 0 Å². The summed E-state index contributed by atoms with van der Waals surface area (Å²) < 4.78 is 11.0. The van der Waals surface area contributed by atoms with Crippen LogP contribution in [0, 0.1) is 0 Å². The average molecular weight is 405 g/mol. The molecular weight excluding hydrogens is 384 g/mol. The van der Waals surface area contributed by atoms with Crippen molar-refractivity contribution in [3.63, 3.8) is 0 Å². The second-order valence-electron chi connectivity index (χ2n) is 6.60. The Kier molecular flexibility index (Phi) is 5.35. The van der Waals surface area contributed by atoms with E-state index >= 15 is 0 Å². The Morgan fingerprint density at radius 1 is 1.33 bits per heavy atom. The smallest absolute Gasteiger partial charge is 0.279 e. The molecule has 1 aliphatic rings. The molecule has 1 fully saturated rings. The normalized spacial score (nSPS) is 20.7. The monoisotopic (exact) mass is 404 g/mol. The molecular formula is C18H20N4O3S2. The lowest BCUT2D eigenvalue weighted by molar-refractivity contribution is -0.0707. The first kappa shape index (κ1) is 18.3. The third kappa shape index (κ3) is 4.44. The first-order valence-corrected chi connectivity index (χ1v) is 10.5. The van der Waals surface area contributed by atoms with Gasteiger partial charge in [-0.1, -0.05) is 11.2 Å². The summed E-state index contributed by atoms with van der Waals surface area (Å²) in [4.78, 5) is 20.2. The number of ether oxygens (including phenoxy) is 1. The molecule has 7 nitrogen and oxygen atoms in total. The predicted molar refractivity (Wildman–Crippen MR) is 105 cm³/mol. The molecule has 4 rings (SSSR count). The summed E-state index contributed by atoms with van der Waals surface area (Å²) >= 11 is 2.95. The summed E-state index contributed by atoms with van der Waals surface area (Å²) in [5, 5.41) is 11.1. The van der Waals surface area contributed by atoms with Crippen molar-refractivity contribution in [3.05, 3.63) is 40.3 Å². The fourth-order valence-electron chi connectivity index (χ4n) is 3.16. The number of anilines is 1. The highest BCUT2D eigenvalue weighted by molar-refractivity contribution is 7.14. The number of nitrogens with one attached hydrogen (secondary N) is 1. The van der Waals surface area contributed by atoms with Crippen molar-refractivity contribution >= 4 is 33.7 Å². The molecule has 142 valence electrons. The molecule has 9 heteroatoms. The van der Waals surface area contributed by atoms with Gasteiger partial charge in [-0.05, 0) is 25.3 Å². The van der Waals surface area contributed by atoms with E-state index in [1.165, 1.54) is 22.7 Å². The van der Waals surface area contributed by atoms with Crippen LogP contribution in [0.15, 0.2) is 33.5 Å². The number of carbonyl (C=O) groups is 1. The third-order valence-electron chi connectivity index (χ3n) is 4.16. The lowest BCUT2D eigenvalue weighted by atomic mass is 10.2. The van der Waals surface area contributed by atoms with Gasteiger partial charge in [-0.2, -0.15) is 0 Å². The minimum atomic E-state index is -0.323. The van der Waals surface area contributed by atoms with Crippen molar-refractivity contribution in [1.82, 2.24) is 15.0 Å². The van der Waals surface area contributed by atoms with Crippen LogP contribution in [0.4, 0.5) is 5.13 Å². The fraction of sp³-hybridized carbons (Fsp3) is 0.389. The van der Waals surface area contributed by atoms with Crippen LogP contribution >= 0.6 is 22.7 Å². The Morgan fingerprint density at radius 2 is 2.15 bits per heavy atom. The van der Waals surface area contributed by atoms with Gasteiger partial charge in [-0.3, -0.25) is 15.0 Å². The molecule has 3 aromatic heterocycles. The molecule has 3 aromatic rings. The summed E-state index contributed by atoms with van der Waals surface area (Å²) in [5.74, 6) is 0.265. The average Bonchev–Trinajstić information content (AvgIpc) is 3.35. The van der Waals surface area contributed by atoms with E-state index in [1.807, 2.05) is 22.9 Å². The molecule has 1 aliphatic heterocycles. The zero-order valence-corrected chi connectivity index (χ0v) is 16.7. The quantitative estimate of drug-likeness (QED) is 0.698. The number of aromatic nitrogens is 2. The van der Waals surface area contributed by atoms with E-state index in [4.69, 9.17) is 9.26 Å². The highest BCUT2D eigenvalue weighted by Gasteiger charge is 2.23. The maximum absolute atomic E-state index is 12.4. The molecule has 2 unspecified atom stereocenters. The van der Waals surface area contributed by atoms with Crippen LogP contribution in [0.3, 0.4) is 0 Å². The molecule has 0 spiro atoms. The Bertz CT molecular complexity index is 896. The number of thiazole rings is 1. The zero-order valence-electron chi connectivity index (χ0n) is 15.0. The summed E-state index contributed by atoms with van der Waals surface area (Å²) in [6.45, 7) is 6.67. The van der Waals surface area contributed by atoms with Crippen molar-refractivity contribution in [1.29, 1.82) is 0 Å². The first-order valence-electron chi connectivity index (χ1n) is 8.71. The molecule has 0 radical (unpaired) electrons. The third-order valence-corrected chi connectivity index (χ3v) is 5.85. The molecule has 0 aliphatic carbocycles. The molecule has 0 saturated carbocycles. The van der Waals surface area contributed by atoms with Crippen LogP contribution in [0.5, 0.6) is 0 Å². The second-order valence-corrected chi connectivity index (χ2v) is 8.41. The number of hydrogen-bond acceptors (Lipinski definition) is 8. The van der Waals surface area contributed by atoms with Crippen LogP contribution in [-0.2, 0) is 11.3 Å². The summed E-state index contributed by atoms with van der Waals surface area (Å²) in [6.07, 6.45) is 0.438. The lowest BCUT2D eigenvalue weighted by Gasteiger charge is -2.34. The van der Waals surface area contributed by atoms with Crippen LogP contribution in [-0.4, -0.2) is 46.2 Å². The molecule has 1 amide bonds. The van der Waals surface area contributed by atoms with Gasteiger partial charge < -0.3 is 9.26 Å². The molecule has 0 bridgehead atoms. The molecule has 1 N–H and O–H groups in total. The van der Waals surface area contributed by atoms with Gasteiger partial charge >= 0.3 is 0 Å². The Hall–Kier alpha value is -2.07. The van der Waals surface area contributed by atoms with Gasteiger partial charge in [0.2, 0.25) is 0 Å². The standard InChI is InChI=1S/C18H20N4O3S2/c1-11-7-22(8-12(2)24-11)9-13-10-27-18(19-13)20-17(23)14-6-15(25-21-14)16-4-3-5-26-16/h3-6,10-12H,7-9H2,1-2H3,(H,19,20,23). The number of thiophene rings is 1. The molecule has 1 saturated heterocycles. The largest absolute Gasteiger partial charge is 0.373 e. The molecule has 0 aromatic carbocycles. The van der Waals surface area contributed by atoms with Crippen LogP contribution < -0.4 is 5.32 Å². The first-order chi connectivity index (χ1) is 13.1. The van der Waals surface area contributed by atoms with Gasteiger partial charge in [0.05, 0.1) is 22.8 Å².